The minimum Gasteiger partial charge on any atom is -0.292 e. The van der Waals surface area contributed by atoms with Crippen LogP contribution in [0.2, 0.25) is 10.0 Å². The standard InChI is InChI=1S/C22H18Cl3NO3S/c1-14-7-10-17(11-8-14)30(28,29)26-21(22(27)15-5-3-2-4-6-15)20(25)16-9-12-18(23)19(24)13-16/h2-13,20-21,26H,1H3/t20-,21-/m1/s1. The van der Waals surface area contributed by atoms with Gasteiger partial charge in [0.05, 0.1) is 20.3 Å². The highest BCUT2D eigenvalue weighted by molar-refractivity contribution is 7.89. The van der Waals surface area contributed by atoms with E-state index in [1.807, 2.05) is 6.92 Å². The van der Waals surface area contributed by atoms with Crippen LogP contribution in [0.15, 0.2) is 77.7 Å². The van der Waals surface area contributed by atoms with Gasteiger partial charge in [-0.25, -0.2) is 8.42 Å². The summed E-state index contributed by atoms with van der Waals surface area (Å²) in [6, 6.07) is 18.1. The molecule has 4 nitrogen and oxygen atoms in total. The van der Waals surface area contributed by atoms with Crippen LogP contribution < -0.4 is 4.72 Å². The number of carbonyl (C=O) groups is 1. The van der Waals surface area contributed by atoms with Crippen LogP contribution >= 0.6 is 34.8 Å². The second-order valence-corrected chi connectivity index (χ2v) is 9.72. The summed E-state index contributed by atoms with van der Waals surface area (Å²) in [4.78, 5) is 13.2. The maximum Gasteiger partial charge on any atom is 0.241 e. The molecule has 156 valence electrons. The van der Waals surface area contributed by atoms with Gasteiger partial charge in [0.1, 0.15) is 6.04 Å². The van der Waals surface area contributed by atoms with Crippen molar-refractivity contribution in [3.63, 3.8) is 0 Å². The van der Waals surface area contributed by atoms with Gasteiger partial charge in [0.25, 0.3) is 0 Å². The smallest absolute Gasteiger partial charge is 0.241 e. The Morgan fingerprint density at radius 2 is 1.53 bits per heavy atom. The van der Waals surface area contributed by atoms with E-state index < -0.39 is 27.2 Å². The van der Waals surface area contributed by atoms with Crippen LogP contribution in [-0.4, -0.2) is 20.2 Å². The molecule has 0 bridgehead atoms. The summed E-state index contributed by atoms with van der Waals surface area (Å²) in [6.45, 7) is 1.85. The molecule has 1 N–H and O–H groups in total. The van der Waals surface area contributed by atoms with Crippen molar-refractivity contribution in [1.29, 1.82) is 0 Å². The zero-order valence-electron chi connectivity index (χ0n) is 15.8. The van der Waals surface area contributed by atoms with Crippen LogP contribution in [0.5, 0.6) is 0 Å². The number of sulfonamides is 1. The molecule has 0 spiro atoms. The van der Waals surface area contributed by atoms with Crippen LogP contribution in [0.1, 0.15) is 26.9 Å². The number of carbonyl (C=O) groups excluding carboxylic acids is 1. The van der Waals surface area contributed by atoms with Crippen molar-refractivity contribution in [3.8, 4) is 0 Å². The van der Waals surface area contributed by atoms with E-state index in [1.54, 1.807) is 54.6 Å². The largest absolute Gasteiger partial charge is 0.292 e. The van der Waals surface area contributed by atoms with E-state index in [2.05, 4.69) is 4.72 Å². The van der Waals surface area contributed by atoms with Crippen LogP contribution in [-0.2, 0) is 10.0 Å². The van der Waals surface area contributed by atoms with Crippen molar-refractivity contribution in [3.05, 3.63) is 99.5 Å². The second kappa shape index (κ2) is 9.50. The predicted octanol–water partition coefficient (Wildman–Crippen LogP) is 5.81. The first-order chi connectivity index (χ1) is 14.2. The lowest BCUT2D eigenvalue weighted by atomic mass is 9.98. The number of ketones is 1. The van der Waals surface area contributed by atoms with Crippen LogP contribution in [0.25, 0.3) is 0 Å². The van der Waals surface area contributed by atoms with Crippen molar-refractivity contribution in [2.24, 2.45) is 0 Å². The summed E-state index contributed by atoms with van der Waals surface area (Å²) in [5.74, 6) is -0.461. The van der Waals surface area contributed by atoms with E-state index in [9.17, 15) is 13.2 Å². The molecule has 3 aromatic carbocycles. The predicted molar refractivity (Wildman–Crippen MR) is 121 cm³/mol. The zero-order chi connectivity index (χ0) is 21.9. The molecule has 0 aliphatic rings. The Hall–Kier alpha value is -1.89. The van der Waals surface area contributed by atoms with Crippen LogP contribution in [0, 0.1) is 6.92 Å². The Labute approximate surface area is 190 Å². The first-order valence-corrected chi connectivity index (χ1v) is 11.6. The highest BCUT2D eigenvalue weighted by Crippen LogP contribution is 2.32. The van der Waals surface area contributed by atoms with Gasteiger partial charge in [-0.15, -0.1) is 11.6 Å². The molecule has 2 atom stereocenters. The Balaban J connectivity index is 2.01. The van der Waals surface area contributed by atoms with Gasteiger partial charge >= 0.3 is 0 Å². The molecule has 0 heterocycles. The van der Waals surface area contributed by atoms with Crippen molar-refractivity contribution in [1.82, 2.24) is 4.72 Å². The van der Waals surface area contributed by atoms with Gasteiger partial charge in [-0.05, 0) is 36.8 Å². The van der Waals surface area contributed by atoms with Gasteiger partial charge in [-0.3, -0.25) is 4.79 Å². The molecular weight excluding hydrogens is 465 g/mol. The average molecular weight is 483 g/mol. The molecular formula is C22H18Cl3NO3S. The Morgan fingerprint density at radius 1 is 0.900 bits per heavy atom. The van der Waals surface area contributed by atoms with Crippen molar-refractivity contribution in [2.75, 3.05) is 0 Å². The SMILES string of the molecule is Cc1ccc(S(=O)(=O)N[C@@H](C(=O)c2ccccc2)[C@H](Cl)c2ccc(Cl)c(Cl)c2)cc1. The Bertz CT molecular complexity index is 1150. The highest BCUT2D eigenvalue weighted by atomic mass is 35.5. The van der Waals surface area contributed by atoms with Gasteiger partial charge in [-0.2, -0.15) is 4.72 Å². The summed E-state index contributed by atoms with van der Waals surface area (Å²) in [7, 11) is -4.01. The van der Waals surface area contributed by atoms with Crippen LogP contribution in [0.4, 0.5) is 0 Å². The summed E-state index contributed by atoms with van der Waals surface area (Å²) < 4.78 is 28.4. The number of benzene rings is 3. The summed E-state index contributed by atoms with van der Waals surface area (Å²) in [5, 5.41) is -0.435. The zero-order valence-corrected chi connectivity index (χ0v) is 18.9. The molecule has 0 radical (unpaired) electrons. The fourth-order valence-electron chi connectivity index (χ4n) is 2.86. The minimum absolute atomic E-state index is 0.0389. The topological polar surface area (TPSA) is 63.2 Å². The van der Waals surface area contributed by atoms with Gasteiger partial charge in [-0.1, -0.05) is 77.3 Å². The first-order valence-electron chi connectivity index (χ1n) is 8.96. The molecule has 0 aliphatic heterocycles. The lowest BCUT2D eigenvalue weighted by Gasteiger charge is -2.23. The number of hydrogen-bond acceptors (Lipinski definition) is 3. The number of rotatable bonds is 7. The third kappa shape index (κ3) is 5.23. The van der Waals surface area contributed by atoms with E-state index in [1.165, 1.54) is 18.2 Å². The average Bonchev–Trinajstić information content (AvgIpc) is 2.74. The maximum absolute atomic E-state index is 13.2. The number of Topliss-reactive ketones (excluding diaryl/α,β-unsaturated/α-hetero) is 1. The van der Waals surface area contributed by atoms with Crippen molar-refractivity contribution in [2.45, 2.75) is 23.2 Å². The normalized spacial score (nSPS) is 13.6. The molecule has 0 saturated carbocycles. The van der Waals surface area contributed by atoms with E-state index in [4.69, 9.17) is 34.8 Å². The fraction of sp³-hybridized carbons (Fsp3) is 0.136. The van der Waals surface area contributed by atoms with E-state index in [-0.39, 0.29) is 9.92 Å². The third-order valence-electron chi connectivity index (χ3n) is 4.51. The molecule has 0 saturated heterocycles. The lowest BCUT2D eigenvalue weighted by molar-refractivity contribution is 0.0951. The molecule has 0 amide bonds. The molecule has 0 aromatic heterocycles. The molecule has 3 rings (SSSR count). The molecule has 8 heteroatoms. The van der Waals surface area contributed by atoms with Crippen molar-refractivity contribution < 1.29 is 13.2 Å². The van der Waals surface area contributed by atoms with E-state index in [0.717, 1.165) is 5.56 Å². The number of halogens is 3. The minimum atomic E-state index is -4.01. The van der Waals surface area contributed by atoms with E-state index >= 15 is 0 Å². The van der Waals surface area contributed by atoms with E-state index in [0.29, 0.717) is 16.1 Å². The maximum atomic E-state index is 13.2. The van der Waals surface area contributed by atoms with Gasteiger partial charge in [0, 0.05) is 5.56 Å². The molecule has 0 unspecified atom stereocenters. The fourth-order valence-corrected chi connectivity index (χ4v) is 4.76. The van der Waals surface area contributed by atoms with Gasteiger partial charge in [0.15, 0.2) is 5.78 Å². The Morgan fingerprint density at radius 3 is 2.13 bits per heavy atom. The first kappa shape index (κ1) is 22.8. The number of nitrogens with one attached hydrogen (secondary N) is 1. The quantitative estimate of drug-likeness (QED) is 0.341. The Kier molecular flexibility index (Phi) is 7.22. The van der Waals surface area contributed by atoms with Crippen molar-refractivity contribution >= 4 is 50.6 Å². The molecule has 0 aliphatic carbocycles. The van der Waals surface area contributed by atoms with Gasteiger partial charge < -0.3 is 0 Å². The molecule has 0 fully saturated rings. The van der Waals surface area contributed by atoms with Gasteiger partial charge in [0.2, 0.25) is 10.0 Å². The highest BCUT2D eigenvalue weighted by Gasteiger charge is 2.33. The number of hydrogen-bond donors (Lipinski definition) is 1. The second-order valence-electron chi connectivity index (χ2n) is 6.72. The lowest BCUT2D eigenvalue weighted by Crippen LogP contribution is -2.43. The van der Waals surface area contributed by atoms with Crippen LogP contribution in [0.3, 0.4) is 0 Å². The summed E-state index contributed by atoms with van der Waals surface area (Å²) in [5.41, 5.74) is 1.71. The molecule has 3 aromatic rings. The monoisotopic (exact) mass is 481 g/mol. The number of alkyl halides is 1. The summed E-state index contributed by atoms with van der Waals surface area (Å²) in [6.07, 6.45) is 0. The molecule has 30 heavy (non-hydrogen) atoms. The number of aryl methyl sites for hydroxylation is 1. The third-order valence-corrected chi connectivity index (χ3v) is 7.21. The summed E-state index contributed by atoms with van der Waals surface area (Å²) >= 11 is 18.7.